The molecule has 7 nitrogen and oxygen atoms in total. The first kappa shape index (κ1) is 17.9. The van der Waals surface area contributed by atoms with Crippen LogP contribution in [0.1, 0.15) is 46.5 Å². The van der Waals surface area contributed by atoms with E-state index in [1.165, 1.54) is 11.1 Å². The fraction of sp³-hybridized carbons (Fsp3) is 0.421. The Labute approximate surface area is 158 Å². The molecule has 0 radical (unpaired) electrons. The lowest BCUT2D eigenvalue weighted by Gasteiger charge is -2.16. The molecule has 142 valence electrons. The zero-order valence-corrected chi connectivity index (χ0v) is 16.0. The first-order valence-corrected chi connectivity index (χ1v) is 10.8. The van der Waals surface area contributed by atoms with Gasteiger partial charge < -0.3 is 5.32 Å². The number of aryl methyl sites for hydroxylation is 3. The molecule has 0 bridgehead atoms. The summed E-state index contributed by atoms with van der Waals surface area (Å²) in [4.78, 5) is 12.4. The van der Waals surface area contributed by atoms with E-state index in [4.69, 9.17) is 0 Å². The van der Waals surface area contributed by atoms with Crippen LogP contribution in [0, 0.1) is 6.92 Å². The molecule has 0 spiro atoms. The average Bonchev–Trinajstić information content (AvgIpc) is 3.25. The summed E-state index contributed by atoms with van der Waals surface area (Å²) in [6.45, 7) is 1.77. The maximum atomic E-state index is 12.4. The second-order valence-corrected chi connectivity index (χ2v) is 8.94. The molecule has 8 heteroatoms. The number of hydrogen-bond donors (Lipinski definition) is 2. The number of benzene rings is 1. The summed E-state index contributed by atoms with van der Waals surface area (Å²) >= 11 is 0. The van der Waals surface area contributed by atoms with Gasteiger partial charge >= 0.3 is 6.03 Å². The Balaban J connectivity index is 1.51. The zero-order chi connectivity index (χ0) is 19.0. The number of sulfonamides is 1. The van der Waals surface area contributed by atoms with Crippen molar-refractivity contribution in [1.82, 2.24) is 14.9 Å². The molecule has 0 unspecified atom stereocenters. The first-order valence-electron chi connectivity index (χ1n) is 9.18. The second kappa shape index (κ2) is 6.92. The van der Waals surface area contributed by atoms with Gasteiger partial charge in [-0.15, -0.1) is 0 Å². The standard InChI is InChI=1S/C19H22N4O3S/c1-12-8-9-15(22-21-12)11-27(25,26)23-19(24)20-18-16-6-2-4-13(16)10-14-5-3-7-17(14)18/h8-10H,2-7,11H2,1H3,(H2,20,23,24). The highest BCUT2D eigenvalue weighted by Gasteiger charge is 2.26. The number of carbonyl (C=O) groups excluding carboxylic acids is 1. The zero-order valence-electron chi connectivity index (χ0n) is 15.2. The van der Waals surface area contributed by atoms with Crippen LogP contribution in [0.25, 0.3) is 0 Å². The number of nitrogens with one attached hydrogen (secondary N) is 2. The van der Waals surface area contributed by atoms with E-state index in [0.717, 1.165) is 55.3 Å². The molecule has 0 aliphatic heterocycles. The molecule has 0 fully saturated rings. The fourth-order valence-electron chi connectivity index (χ4n) is 3.98. The smallest absolute Gasteiger partial charge is 0.307 e. The predicted octanol–water partition coefficient (Wildman–Crippen LogP) is 2.41. The summed E-state index contributed by atoms with van der Waals surface area (Å²) in [5, 5.41) is 10.5. The Kier molecular flexibility index (Phi) is 4.59. The first-order chi connectivity index (χ1) is 12.9. The van der Waals surface area contributed by atoms with Gasteiger partial charge in [-0.2, -0.15) is 10.2 Å². The van der Waals surface area contributed by atoms with Crippen molar-refractivity contribution in [3.8, 4) is 0 Å². The lowest BCUT2D eigenvalue weighted by Crippen LogP contribution is -2.36. The van der Waals surface area contributed by atoms with Crippen LogP contribution in [-0.2, 0) is 41.5 Å². The third kappa shape index (κ3) is 3.80. The Morgan fingerprint density at radius 1 is 1.04 bits per heavy atom. The minimum absolute atomic E-state index is 0.294. The van der Waals surface area contributed by atoms with Gasteiger partial charge in [0.25, 0.3) is 0 Å². The molecule has 0 saturated carbocycles. The molecule has 27 heavy (non-hydrogen) atoms. The molecule has 2 amide bonds. The number of carbonyl (C=O) groups is 1. The topological polar surface area (TPSA) is 101 Å². The van der Waals surface area contributed by atoms with Crippen molar-refractivity contribution < 1.29 is 13.2 Å². The number of nitrogens with zero attached hydrogens (tertiary/aromatic N) is 2. The number of rotatable bonds is 4. The molecule has 0 saturated heterocycles. The summed E-state index contributed by atoms with van der Waals surface area (Å²) in [5.74, 6) is -0.390. The molecule has 1 aromatic heterocycles. The van der Waals surface area contributed by atoms with Crippen LogP contribution in [-0.4, -0.2) is 24.6 Å². The van der Waals surface area contributed by atoms with Crippen LogP contribution >= 0.6 is 0 Å². The van der Waals surface area contributed by atoms with Crippen LogP contribution < -0.4 is 10.0 Å². The maximum absolute atomic E-state index is 12.4. The van der Waals surface area contributed by atoms with Crippen LogP contribution in [0.15, 0.2) is 18.2 Å². The predicted molar refractivity (Wildman–Crippen MR) is 102 cm³/mol. The van der Waals surface area contributed by atoms with E-state index in [1.807, 2.05) is 0 Å². The number of hydrogen-bond acceptors (Lipinski definition) is 5. The van der Waals surface area contributed by atoms with E-state index >= 15 is 0 Å². The maximum Gasteiger partial charge on any atom is 0.332 e. The number of urea groups is 1. The molecule has 4 rings (SSSR count). The van der Waals surface area contributed by atoms with Gasteiger partial charge in [-0.25, -0.2) is 17.9 Å². The molecule has 2 aromatic rings. The van der Waals surface area contributed by atoms with E-state index in [9.17, 15) is 13.2 Å². The number of fused-ring (bicyclic) bond motifs is 2. The van der Waals surface area contributed by atoms with E-state index in [-0.39, 0.29) is 0 Å². The van der Waals surface area contributed by atoms with E-state index in [2.05, 4.69) is 26.3 Å². The quantitative estimate of drug-likeness (QED) is 0.840. The van der Waals surface area contributed by atoms with Crippen molar-refractivity contribution in [2.24, 2.45) is 0 Å². The number of anilines is 1. The number of aromatic nitrogens is 2. The van der Waals surface area contributed by atoms with Gasteiger partial charge in [-0.1, -0.05) is 6.07 Å². The SMILES string of the molecule is Cc1ccc(CS(=O)(=O)NC(=O)Nc2c3c(cc4c2CCC4)CCC3)nn1. The van der Waals surface area contributed by atoms with Gasteiger partial charge in [-0.3, -0.25) is 0 Å². The highest BCUT2D eigenvalue weighted by Crippen LogP contribution is 2.38. The summed E-state index contributed by atoms with van der Waals surface area (Å²) in [6.07, 6.45) is 6.01. The van der Waals surface area contributed by atoms with Crippen LogP contribution in [0.4, 0.5) is 10.5 Å². The molecule has 1 aromatic carbocycles. The molecule has 0 atom stereocenters. The van der Waals surface area contributed by atoms with E-state index < -0.39 is 21.8 Å². The third-order valence-corrected chi connectivity index (χ3v) is 6.32. The Morgan fingerprint density at radius 2 is 1.70 bits per heavy atom. The largest absolute Gasteiger partial charge is 0.332 e. The highest BCUT2D eigenvalue weighted by molar-refractivity contribution is 7.89. The van der Waals surface area contributed by atoms with Crippen molar-refractivity contribution in [2.75, 3.05) is 5.32 Å². The third-order valence-electron chi connectivity index (χ3n) is 5.15. The second-order valence-electron chi connectivity index (χ2n) is 7.22. The van der Waals surface area contributed by atoms with Gasteiger partial charge in [0.05, 0.1) is 11.4 Å². The van der Waals surface area contributed by atoms with E-state index in [0.29, 0.717) is 11.4 Å². The van der Waals surface area contributed by atoms with E-state index in [1.54, 1.807) is 19.1 Å². The van der Waals surface area contributed by atoms with Crippen LogP contribution in [0.5, 0.6) is 0 Å². The average molecular weight is 386 g/mol. The summed E-state index contributed by atoms with van der Waals surface area (Å²) in [7, 11) is -3.86. The normalized spacial score (nSPS) is 15.3. The van der Waals surface area contributed by atoms with Crippen molar-refractivity contribution in [3.63, 3.8) is 0 Å². The molecule has 2 aliphatic rings. The lowest BCUT2D eigenvalue weighted by molar-refractivity contribution is 0.256. The van der Waals surface area contributed by atoms with Crippen molar-refractivity contribution in [2.45, 2.75) is 51.2 Å². The van der Waals surface area contributed by atoms with Crippen molar-refractivity contribution in [3.05, 3.63) is 51.8 Å². The van der Waals surface area contributed by atoms with Crippen LogP contribution in [0.3, 0.4) is 0 Å². The monoisotopic (exact) mass is 386 g/mol. The summed E-state index contributed by atoms with van der Waals surface area (Å²) in [5.41, 5.74) is 6.70. The van der Waals surface area contributed by atoms with Crippen molar-refractivity contribution >= 4 is 21.7 Å². The Bertz CT molecular complexity index is 968. The van der Waals surface area contributed by atoms with Crippen molar-refractivity contribution in [1.29, 1.82) is 0 Å². The minimum Gasteiger partial charge on any atom is -0.307 e. The van der Waals surface area contributed by atoms with Gasteiger partial charge in [0.2, 0.25) is 10.0 Å². The molecule has 1 heterocycles. The Morgan fingerprint density at radius 3 is 2.30 bits per heavy atom. The molecular weight excluding hydrogens is 364 g/mol. The fourth-order valence-corrected chi connectivity index (χ4v) is 4.93. The van der Waals surface area contributed by atoms with Gasteiger partial charge in [-0.05, 0) is 79.8 Å². The van der Waals surface area contributed by atoms with Gasteiger partial charge in [0, 0.05) is 5.69 Å². The Hall–Kier alpha value is -2.48. The van der Waals surface area contributed by atoms with Gasteiger partial charge in [0.1, 0.15) is 5.75 Å². The molecule has 2 N–H and O–H groups in total. The minimum atomic E-state index is -3.86. The number of amides is 2. The van der Waals surface area contributed by atoms with Crippen LogP contribution in [0.2, 0.25) is 0 Å². The highest BCUT2D eigenvalue weighted by atomic mass is 32.2. The lowest BCUT2D eigenvalue weighted by atomic mass is 9.99. The molecule has 2 aliphatic carbocycles. The summed E-state index contributed by atoms with van der Waals surface area (Å²) < 4.78 is 26.7. The van der Waals surface area contributed by atoms with Gasteiger partial charge in [0.15, 0.2) is 0 Å². The summed E-state index contributed by atoms with van der Waals surface area (Å²) in [6, 6.07) is 4.83. The molecular formula is C19H22N4O3S.